The van der Waals surface area contributed by atoms with Gasteiger partial charge in [-0.3, -0.25) is 0 Å². The molecule has 1 aliphatic rings. The molecule has 0 unspecified atom stereocenters. The van der Waals surface area contributed by atoms with Gasteiger partial charge in [0.1, 0.15) is 16.5 Å². The number of halogens is 4. The summed E-state index contributed by atoms with van der Waals surface area (Å²) < 4.78 is 30.0. The van der Waals surface area contributed by atoms with Crippen LogP contribution in [0.2, 0.25) is 10.0 Å². The zero-order chi connectivity index (χ0) is 23.5. The van der Waals surface area contributed by atoms with Crippen molar-refractivity contribution in [2.75, 3.05) is 5.73 Å². The first kappa shape index (κ1) is 22.3. The topological polar surface area (TPSA) is 38.9 Å². The lowest BCUT2D eigenvalue weighted by atomic mass is 9.71. The summed E-state index contributed by atoms with van der Waals surface area (Å²) in [7, 11) is 0. The highest BCUT2D eigenvalue weighted by Gasteiger charge is 2.34. The lowest BCUT2D eigenvalue weighted by Gasteiger charge is -2.34. The standard InChI is InChI=1S/C26H20Cl2F2N2S/c1-26(2)10-14(9-13-5-3-7-17(27)22(13)29)24-16(11-26)20(15-6-4-8-18(28)23(15)30)21-19(31)12-33-25(21)32-24/h3-9,12H,10-11,31H2,1-2H3. The molecule has 0 saturated heterocycles. The Morgan fingerprint density at radius 1 is 1.03 bits per heavy atom. The molecule has 0 atom stereocenters. The average Bonchev–Trinajstić information content (AvgIpc) is 3.12. The monoisotopic (exact) mass is 500 g/mol. The van der Waals surface area contributed by atoms with Crippen LogP contribution in [-0.2, 0) is 6.42 Å². The van der Waals surface area contributed by atoms with Gasteiger partial charge in [-0.2, -0.15) is 0 Å². The summed E-state index contributed by atoms with van der Waals surface area (Å²) >= 11 is 13.6. The lowest BCUT2D eigenvalue weighted by molar-refractivity contribution is 0.365. The number of allylic oxidation sites excluding steroid dienone is 1. The summed E-state index contributed by atoms with van der Waals surface area (Å²) in [4.78, 5) is 5.64. The molecule has 1 aliphatic carbocycles. The minimum atomic E-state index is -0.491. The molecule has 5 rings (SSSR count). The molecule has 0 radical (unpaired) electrons. The first-order chi connectivity index (χ1) is 15.7. The highest BCUT2D eigenvalue weighted by atomic mass is 35.5. The number of anilines is 1. The second kappa shape index (κ2) is 8.08. The molecule has 2 aromatic heterocycles. The molecular weight excluding hydrogens is 481 g/mol. The van der Waals surface area contributed by atoms with Crippen LogP contribution in [0.15, 0.2) is 41.8 Å². The number of nitrogen functional groups attached to an aromatic ring is 1. The number of nitrogens with two attached hydrogens (primary N) is 1. The predicted octanol–water partition coefficient (Wildman–Crippen LogP) is 8.64. The highest BCUT2D eigenvalue weighted by Crippen LogP contribution is 2.49. The fourth-order valence-corrected chi connectivity index (χ4v) is 5.84. The third-order valence-electron chi connectivity index (χ3n) is 6.01. The van der Waals surface area contributed by atoms with Crippen LogP contribution >= 0.6 is 34.5 Å². The van der Waals surface area contributed by atoms with E-state index in [1.165, 1.54) is 23.5 Å². The minimum Gasteiger partial charge on any atom is -0.397 e. The molecule has 2 aromatic carbocycles. The number of pyridine rings is 1. The van der Waals surface area contributed by atoms with Gasteiger partial charge in [-0.1, -0.05) is 61.3 Å². The van der Waals surface area contributed by atoms with Gasteiger partial charge >= 0.3 is 0 Å². The van der Waals surface area contributed by atoms with Crippen molar-refractivity contribution < 1.29 is 8.78 Å². The number of aromatic nitrogens is 1. The van der Waals surface area contributed by atoms with E-state index < -0.39 is 11.6 Å². The molecule has 2 nitrogen and oxygen atoms in total. The van der Waals surface area contributed by atoms with Gasteiger partial charge in [-0.15, -0.1) is 11.3 Å². The largest absolute Gasteiger partial charge is 0.397 e. The van der Waals surface area contributed by atoms with Crippen molar-refractivity contribution in [3.63, 3.8) is 0 Å². The van der Waals surface area contributed by atoms with Gasteiger partial charge in [-0.05, 0) is 47.6 Å². The van der Waals surface area contributed by atoms with Crippen LogP contribution in [-0.4, -0.2) is 4.98 Å². The van der Waals surface area contributed by atoms with Crippen LogP contribution in [0.3, 0.4) is 0 Å². The third kappa shape index (κ3) is 3.82. The zero-order valence-electron chi connectivity index (χ0n) is 18.0. The minimum absolute atomic E-state index is 0.0480. The summed E-state index contributed by atoms with van der Waals surface area (Å²) in [6.45, 7) is 4.27. The highest BCUT2D eigenvalue weighted by molar-refractivity contribution is 7.17. The van der Waals surface area contributed by atoms with Crippen molar-refractivity contribution in [2.45, 2.75) is 26.7 Å². The predicted molar refractivity (Wildman–Crippen MR) is 136 cm³/mol. The second-order valence-electron chi connectivity index (χ2n) is 9.12. The maximum absolute atomic E-state index is 15.3. The zero-order valence-corrected chi connectivity index (χ0v) is 20.3. The first-order valence-electron chi connectivity index (χ1n) is 10.4. The fraction of sp³-hybridized carbons (Fsp3) is 0.192. The number of hydrogen-bond acceptors (Lipinski definition) is 3. The van der Waals surface area contributed by atoms with Crippen LogP contribution in [0, 0.1) is 17.0 Å². The van der Waals surface area contributed by atoms with E-state index in [9.17, 15) is 4.39 Å². The Kier molecular flexibility index (Phi) is 5.47. The second-order valence-corrected chi connectivity index (χ2v) is 10.8. The van der Waals surface area contributed by atoms with Crippen LogP contribution in [0.1, 0.15) is 37.1 Å². The summed E-state index contributed by atoms with van der Waals surface area (Å²) in [6.07, 6.45) is 3.15. The maximum atomic E-state index is 15.3. The Morgan fingerprint density at radius 3 is 2.48 bits per heavy atom. The molecule has 2 heterocycles. The summed E-state index contributed by atoms with van der Waals surface area (Å²) in [5.41, 5.74) is 10.7. The van der Waals surface area contributed by atoms with Gasteiger partial charge in [0.15, 0.2) is 0 Å². The number of thiophene rings is 1. The summed E-state index contributed by atoms with van der Waals surface area (Å²) in [5.74, 6) is -0.964. The summed E-state index contributed by atoms with van der Waals surface area (Å²) in [5, 5.41) is 2.66. The Hall–Kier alpha value is -2.47. The van der Waals surface area contributed by atoms with E-state index in [4.69, 9.17) is 33.9 Å². The van der Waals surface area contributed by atoms with Crippen molar-refractivity contribution in [3.8, 4) is 11.1 Å². The summed E-state index contributed by atoms with van der Waals surface area (Å²) in [6, 6.07) is 9.90. The number of rotatable bonds is 2. The molecule has 2 N–H and O–H groups in total. The van der Waals surface area contributed by atoms with Crippen molar-refractivity contribution in [1.29, 1.82) is 0 Å². The first-order valence-corrected chi connectivity index (χ1v) is 12.1. The van der Waals surface area contributed by atoms with E-state index in [0.29, 0.717) is 40.0 Å². The van der Waals surface area contributed by atoms with Gasteiger partial charge in [-0.25, -0.2) is 13.8 Å². The van der Waals surface area contributed by atoms with E-state index in [1.54, 1.807) is 30.3 Å². The van der Waals surface area contributed by atoms with Crippen molar-refractivity contribution in [2.24, 2.45) is 5.41 Å². The van der Waals surface area contributed by atoms with Crippen LogP contribution in [0.4, 0.5) is 14.5 Å². The van der Waals surface area contributed by atoms with Crippen LogP contribution in [0.25, 0.3) is 33.0 Å². The van der Waals surface area contributed by atoms with E-state index >= 15 is 4.39 Å². The van der Waals surface area contributed by atoms with Crippen molar-refractivity contribution >= 4 is 62.1 Å². The van der Waals surface area contributed by atoms with E-state index in [0.717, 1.165) is 22.2 Å². The smallest absolute Gasteiger partial charge is 0.149 e. The molecule has 0 bridgehead atoms. The number of fused-ring (bicyclic) bond motifs is 2. The SMILES string of the molecule is CC1(C)CC(=Cc2cccc(Cl)c2F)c2nc3scc(N)c3c(-c3cccc(Cl)c3F)c2C1. The van der Waals surface area contributed by atoms with Gasteiger partial charge in [0.05, 0.1) is 21.4 Å². The average molecular weight is 501 g/mol. The Bertz CT molecular complexity index is 1460. The fourth-order valence-electron chi connectivity index (χ4n) is 4.64. The lowest BCUT2D eigenvalue weighted by Crippen LogP contribution is -2.23. The van der Waals surface area contributed by atoms with Crippen LogP contribution < -0.4 is 5.73 Å². The molecule has 33 heavy (non-hydrogen) atoms. The van der Waals surface area contributed by atoms with Crippen molar-refractivity contribution in [1.82, 2.24) is 4.98 Å². The quantitative estimate of drug-likeness (QED) is 0.299. The molecule has 0 saturated carbocycles. The third-order valence-corrected chi connectivity index (χ3v) is 7.49. The molecule has 0 aliphatic heterocycles. The number of benzene rings is 2. The molecule has 0 spiro atoms. The molecule has 0 amide bonds. The van der Waals surface area contributed by atoms with Crippen LogP contribution in [0.5, 0.6) is 0 Å². The molecule has 0 fully saturated rings. The molecule has 168 valence electrons. The van der Waals surface area contributed by atoms with E-state index in [2.05, 4.69) is 13.8 Å². The van der Waals surface area contributed by atoms with Gasteiger partial charge in [0.2, 0.25) is 0 Å². The van der Waals surface area contributed by atoms with Gasteiger partial charge in [0.25, 0.3) is 0 Å². The number of hydrogen-bond donors (Lipinski definition) is 1. The molecule has 4 aromatic rings. The van der Waals surface area contributed by atoms with Gasteiger partial charge in [0, 0.05) is 27.5 Å². The Morgan fingerprint density at radius 2 is 1.73 bits per heavy atom. The Balaban J connectivity index is 1.87. The molecular formula is C26H20Cl2F2N2S. The van der Waals surface area contributed by atoms with E-state index in [-0.39, 0.29) is 15.5 Å². The van der Waals surface area contributed by atoms with E-state index in [1.807, 2.05) is 5.38 Å². The van der Waals surface area contributed by atoms with Gasteiger partial charge < -0.3 is 5.73 Å². The maximum Gasteiger partial charge on any atom is 0.149 e. The normalized spacial score (nSPS) is 16.4. The van der Waals surface area contributed by atoms with Crippen molar-refractivity contribution in [3.05, 3.63) is 80.3 Å². The Labute approximate surface area is 204 Å². The number of nitrogens with zero attached hydrogens (tertiary/aromatic N) is 1. The molecule has 7 heteroatoms.